The van der Waals surface area contributed by atoms with Crippen LogP contribution in [0.15, 0.2) is 30.4 Å². The Labute approximate surface area is 155 Å². The molecule has 2 aliphatic carbocycles. The molecule has 26 heavy (non-hydrogen) atoms. The van der Waals surface area contributed by atoms with Gasteiger partial charge in [0.1, 0.15) is 0 Å². The van der Waals surface area contributed by atoms with Crippen molar-refractivity contribution in [2.75, 3.05) is 46.9 Å². The second-order valence-corrected chi connectivity index (χ2v) is 7.67. The molecule has 0 aromatic heterocycles. The smallest absolute Gasteiger partial charge is 0.257 e. The Morgan fingerprint density at radius 3 is 2.50 bits per heavy atom. The van der Waals surface area contributed by atoms with Crippen LogP contribution in [0, 0.1) is 17.8 Å². The van der Waals surface area contributed by atoms with Gasteiger partial charge in [0, 0.05) is 32.7 Å². The van der Waals surface area contributed by atoms with Crippen LogP contribution in [0.5, 0.6) is 11.5 Å². The molecule has 1 aromatic carbocycles. The minimum atomic E-state index is 0.0308. The zero-order valence-corrected chi connectivity index (χ0v) is 15.7. The van der Waals surface area contributed by atoms with Crippen LogP contribution in [0.2, 0.25) is 0 Å². The standard InChI is InChI=1S/C21H28N2O3/c1-25-19-5-3-4-18(20(19)26-2)21(24)23-10-8-22(9-11-23)14-17-13-15-6-7-16(17)12-15/h3-7,15-17H,8-14H2,1-2H3/t15-,16+,17+/m0/s1. The topological polar surface area (TPSA) is 42.0 Å². The molecule has 2 bridgehead atoms. The summed E-state index contributed by atoms with van der Waals surface area (Å²) in [6.45, 7) is 4.63. The van der Waals surface area contributed by atoms with Crippen molar-refractivity contribution < 1.29 is 14.3 Å². The average molecular weight is 356 g/mol. The molecule has 4 rings (SSSR count). The number of hydrogen-bond donors (Lipinski definition) is 0. The molecule has 0 radical (unpaired) electrons. The number of amides is 1. The molecule has 0 N–H and O–H groups in total. The summed E-state index contributed by atoms with van der Waals surface area (Å²) in [5, 5.41) is 0. The maximum Gasteiger partial charge on any atom is 0.257 e. The summed E-state index contributed by atoms with van der Waals surface area (Å²) in [6.07, 6.45) is 7.53. The molecule has 5 heteroatoms. The number of para-hydroxylation sites is 1. The average Bonchev–Trinajstić information content (AvgIpc) is 3.30. The molecule has 1 saturated carbocycles. The maximum atomic E-state index is 13.0. The van der Waals surface area contributed by atoms with E-state index in [0.717, 1.165) is 43.9 Å². The third-order valence-electron chi connectivity index (χ3n) is 6.20. The number of carbonyl (C=O) groups is 1. The normalized spacial score (nSPS) is 27.8. The van der Waals surface area contributed by atoms with Crippen LogP contribution in [0.3, 0.4) is 0 Å². The fourth-order valence-electron chi connectivity index (χ4n) is 4.80. The van der Waals surface area contributed by atoms with E-state index in [4.69, 9.17) is 9.47 Å². The molecule has 3 atom stereocenters. The third-order valence-corrected chi connectivity index (χ3v) is 6.20. The Morgan fingerprint density at radius 1 is 1.08 bits per heavy atom. The van der Waals surface area contributed by atoms with E-state index in [2.05, 4.69) is 17.1 Å². The first-order chi connectivity index (χ1) is 12.7. The highest BCUT2D eigenvalue weighted by molar-refractivity contribution is 5.97. The zero-order chi connectivity index (χ0) is 18.1. The Bertz CT molecular complexity index is 694. The van der Waals surface area contributed by atoms with E-state index in [1.165, 1.54) is 19.4 Å². The molecule has 1 heterocycles. The van der Waals surface area contributed by atoms with E-state index in [1.54, 1.807) is 14.2 Å². The van der Waals surface area contributed by atoms with Crippen LogP contribution in [0.25, 0.3) is 0 Å². The van der Waals surface area contributed by atoms with Gasteiger partial charge in [0.05, 0.1) is 19.8 Å². The van der Waals surface area contributed by atoms with Crippen LogP contribution in [0.4, 0.5) is 0 Å². The van der Waals surface area contributed by atoms with Crippen molar-refractivity contribution in [1.29, 1.82) is 0 Å². The molecule has 2 fully saturated rings. The van der Waals surface area contributed by atoms with E-state index in [9.17, 15) is 4.79 Å². The van der Waals surface area contributed by atoms with E-state index in [-0.39, 0.29) is 5.91 Å². The number of hydrogen-bond acceptors (Lipinski definition) is 4. The minimum Gasteiger partial charge on any atom is -0.493 e. The fourth-order valence-corrected chi connectivity index (χ4v) is 4.80. The summed E-state index contributed by atoms with van der Waals surface area (Å²) in [4.78, 5) is 17.4. The van der Waals surface area contributed by atoms with Gasteiger partial charge in [0.25, 0.3) is 5.91 Å². The molecule has 1 amide bonds. The van der Waals surface area contributed by atoms with E-state index < -0.39 is 0 Å². The van der Waals surface area contributed by atoms with E-state index >= 15 is 0 Å². The quantitative estimate of drug-likeness (QED) is 0.761. The van der Waals surface area contributed by atoms with Crippen molar-refractivity contribution in [3.63, 3.8) is 0 Å². The van der Waals surface area contributed by atoms with Gasteiger partial charge in [-0.1, -0.05) is 18.2 Å². The summed E-state index contributed by atoms with van der Waals surface area (Å²) in [7, 11) is 3.17. The van der Waals surface area contributed by atoms with Gasteiger partial charge in [0.15, 0.2) is 11.5 Å². The number of fused-ring (bicyclic) bond motifs is 2. The SMILES string of the molecule is COc1cccc(C(=O)N2CCN(C[C@H]3C[C@H]4C=C[C@@H]3C4)CC2)c1OC. The van der Waals surface area contributed by atoms with Gasteiger partial charge in [-0.2, -0.15) is 0 Å². The number of carbonyl (C=O) groups excluding carboxylic acids is 1. The number of piperazine rings is 1. The highest BCUT2D eigenvalue weighted by atomic mass is 16.5. The van der Waals surface area contributed by atoms with Crippen LogP contribution < -0.4 is 9.47 Å². The number of nitrogens with zero attached hydrogens (tertiary/aromatic N) is 2. The highest BCUT2D eigenvalue weighted by Crippen LogP contribution is 2.43. The molecule has 140 valence electrons. The summed E-state index contributed by atoms with van der Waals surface area (Å²) in [5.74, 6) is 3.58. The number of ether oxygens (including phenoxy) is 2. The van der Waals surface area contributed by atoms with Crippen molar-refractivity contribution >= 4 is 5.91 Å². The minimum absolute atomic E-state index is 0.0308. The lowest BCUT2D eigenvalue weighted by atomic mass is 9.93. The van der Waals surface area contributed by atoms with Gasteiger partial charge >= 0.3 is 0 Å². The van der Waals surface area contributed by atoms with Crippen LogP contribution >= 0.6 is 0 Å². The summed E-state index contributed by atoms with van der Waals surface area (Å²) in [6, 6.07) is 5.47. The second kappa shape index (κ2) is 7.31. The number of benzene rings is 1. The van der Waals surface area contributed by atoms with Gasteiger partial charge in [-0.3, -0.25) is 9.69 Å². The first kappa shape index (κ1) is 17.4. The number of methoxy groups -OCH3 is 2. The molecule has 3 aliphatic rings. The molecule has 0 unspecified atom stereocenters. The zero-order valence-electron chi connectivity index (χ0n) is 15.7. The predicted molar refractivity (Wildman–Crippen MR) is 101 cm³/mol. The summed E-state index contributed by atoms with van der Waals surface area (Å²) >= 11 is 0. The monoisotopic (exact) mass is 356 g/mol. The lowest BCUT2D eigenvalue weighted by molar-refractivity contribution is 0.0606. The first-order valence-corrected chi connectivity index (χ1v) is 9.60. The Hall–Kier alpha value is -2.01. The van der Waals surface area contributed by atoms with Gasteiger partial charge in [-0.05, 0) is 42.7 Å². The van der Waals surface area contributed by atoms with Crippen molar-refractivity contribution in [2.24, 2.45) is 17.8 Å². The molecule has 5 nitrogen and oxygen atoms in total. The highest BCUT2D eigenvalue weighted by Gasteiger charge is 2.37. The molecule has 1 aliphatic heterocycles. The Kier molecular flexibility index (Phi) is 4.90. The molecule has 0 spiro atoms. The van der Waals surface area contributed by atoms with Crippen LogP contribution in [-0.4, -0.2) is 62.7 Å². The first-order valence-electron chi connectivity index (χ1n) is 9.60. The van der Waals surface area contributed by atoms with E-state index in [1.807, 2.05) is 23.1 Å². The Balaban J connectivity index is 1.36. The van der Waals surface area contributed by atoms with Crippen LogP contribution in [-0.2, 0) is 0 Å². The molecule has 1 saturated heterocycles. The van der Waals surface area contributed by atoms with Gasteiger partial charge in [0.2, 0.25) is 0 Å². The summed E-state index contributed by atoms with van der Waals surface area (Å²) < 4.78 is 10.7. The fraction of sp³-hybridized carbons (Fsp3) is 0.571. The van der Waals surface area contributed by atoms with Crippen molar-refractivity contribution in [2.45, 2.75) is 12.8 Å². The second-order valence-electron chi connectivity index (χ2n) is 7.67. The Morgan fingerprint density at radius 2 is 1.88 bits per heavy atom. The number of rotatable bonds is 5. The van der Waals surface area contributed by atoms with Crippen molar-refractivity contribution in [3.05, 3.63) is 35.9 Å². The molecular weight excluding hydrogens is 328 g/mol. The lowest BCUT2D eigenvalue weighted by Crippen LogP contribution is -2.50. The van der Waals surface area contributed by atoms with E-state index in [0.29, 0.717) is 17.1 Å². The van der Waals surface area contributed by atoms with Crippen molar-refractivity contribution in [3.8, 4) is 11.5 Å². The maximum absolute atomic E-state index is 13.0. The molecular formula is C21H28N2O3. The predicted octanol–water partition coefficient (Wildman–Crippen LogP) is 2.67. The van der Waals surface area contributed by atoms with Gasteiger partial charge in [-0.25, -0.2) is 0 Å². The molecule has 1 aromatic rings. The number of allylic oxidation sites excluding steroid dienone is 2. The third kappa shape index (κ3) is 3.20. The van der Waals surface area contributed by atoms with Crippen molar-refractivity contribution in [1.82, 2.24) is 9.80 Å². The van der Waals surface area contributed by atoms with Crippen LogP contribution in [0.1, 0.15) is 23.2 Å². The van der Waals surface area contributed by atoms with Gasteiger partial charge in [-0.15, -0.1) is 0 Å². The summed E-state index contributed by atoms with van der Waals surface area (Å²) in [5.41, 5.74) is 0.582. The van der Waals surface area contributed by atoms with Gasteiger partial charge < -0.3 is 14.4 Å². The lowest BCUT2D eigenvalue weighted by Gasteiger charge is -2.37. The largest absolute Gasteiger partial charge is 0.493 e.